The molecule has 130 valence electrons. The Hall–Kier alpha value is -1.75. The van der Waals surface area contributed by atoms with Crippen LogP contribution in [0.3, 0.4) is 0 Å². The second-order valence-corrected chi connectivity index (χ2v) is 5.74. The van der Waals surface area contributed by atoms with Crippen molar-refractivity contribution >= 4 is 5.97 Å². The van der Waals surface area contributed by atoms with Crippen LogP contribution in [0.5, 0.6) is 11.5 Å². The first kappa shape index (κ1) is 19.3. The molecule has 0 saturated heterocycles. The number of phenols is 1. The first-order chi connectivity index (χ1) is 10.9. The van der Waals surface area contributed by atoms with Crippen LogP contribution in [0.15, 0.2) is 18.2 Å². The number of aromatic hydroxyl groups is 1. The number of hydrogen-bond donors (Lipinski definition) is 1. The van der Waals surface area contributed by atoms with Crippen molar-refractivity contribution in [2.45, 2.75) is 40.7 Å². The van der Waals surface area contributed by atoms with E-state index in [1.54, 1.807) is 0 Å². The lowest BCUT2D eigenvalue weighted by molar-refractivity contribution is 0.0287. The number of phenolic OH excluding ortho intramolecular Hbond substituents is 1. The third-order valence-electron chi connectivity index (χ3n) is 3.92. The van der Waals surface area contributed by atoms with Gasteiger partial charge in [-0.1, -0.05) is 27.7 Å². The molecule has 1 rings (SSSR count). The normalized spacial score (nSPS) is 12.5. The summed E-state index contributed by atoms with van der Waals surface area (Å²) in [5.41, 5.74) is 0.340. The molecule has 1 aromatic rings. The van der Waals surface area contributed by atoms with Crippen LogP contribution in [-0.2, 0) is 4.74 Å². The zero-order valence-corrected chi connectivity index (χ0v) is 14.8. The number of esters is 1. The summed E-state index contributed by atoms with van der Waals surface area (Å²) >= 11 is 0. The maximum Gasteiger partial charge on any atom is 0.341 e. The molecule has 1 aromatic carbocycles. The average Bonchev–Trinajstić information content (AvgIpc) is 2.51. The third kappa shape index (κ3) is 5.43. The smallest absolute Gasteiger partial charge is 0.341 e. The lowest BCUT2D eigenvalue weighted by Crippen LogP contribution is -2.42. The maximum atomic E-state index is 12.4. The number of carbonyl (C=O) groups excluding carboxylic acids is 1. The molecule has 0 bridgehead atoms. The SMILES string of the molecule is CCOc1cc(O)ccc1C(=O)OC[C@H](C(C)C)N(CC)CC. The molecule has 0 amide bonds. The predicted molar refractivity (Wildman–Crippen MR) is 91.1 cm³/mol. The highest BCUT2D eigenvalue weighted by Crippen LogP contribution is 2.25. The molecule has 5 nitrogen and oxygen atoms in total. The van der Waals surface area contributed by atoms with E-state index in [-0.39, 0.29) is 11.8 Å². The van der Waals surface area contributed by atoms with Gasteiger partial charge in [-0.05, 0) is 38.1 Å². The third-order valence-corrected chi connectivity index (χ3v) is 3.92. The second-order valence-electron chi connectivity index (χ2n) is 5.74. The molecule has 0 spiro atoms. The summed E-state index contributed by atoms with van der Waals surface area (Å²) in [7, 11) is 0. The molecule has 0 aliphatic rings. The summed E-state index contributed by atoms with van der Waals surface area (Å²) in [6, 6.07) is 4.61. The van der Waals surface area contributed by atoms with Crippen LogP contribution in [-0.4, -0.2) is 48.3 Å². The number of likely N-dealkylation sites (N-methyl/N-ethyl adjacent to an activating group) is 1. The van der Waals surface area contributed by atoms with Crippen LogP contribution in [0.2, 0.25) is 0 Å². The van der Waals surface area contributed by atoms with Crippen molar-refractivity contribution in [3.8, 4) is 11.5 Å². The predicted octanol–water partition coefficient (Wildman–Crippen LogP) is 3.31. The average molecular weight is 323 g/mol. The van der Waals surface area contributed by atoms with Gasteiger partial charge in [0.25, 0.3) is 0 Å². The second kappa shape index (κ2) is 9.40. The van der Waals surface area contributed by atoms with E-state index in [2.05, 4.69) is 32.6 Å². The van der Waals surface area contributed by atoms with E-state index in [1.807, 2.05) is 6.92 Å². The Kier molecular flexibility index (Phi) is 7.89. The Morgan fingerprint density at radius 2 is 1.87 bits per heavy atom. The summed E-state index contributed by atoms with van der Waals surface area (Å²) in [6.45, 7) is 12.9. The number of nitrogens with zero attached hydrogens (tertiary/aromatic N) is 1. The standard InChI is InChI=1S/C18H29NO4/c1-6-19(7-2)16(13(4)5)12-23-18(21)15-10-9-14(20)11-17(15)22-8-3/h9-11,13,16,20H,6-8,12H2,1-5H3/t16-/m1/s1. The summed E-state index contributed by atoms with van der Waals surface area (Å²) in [5.74, 6) is 0.370. The molecule has 0 saturated carbocycles. The van der Waals surface area contributed by atoms with E-state index in [9.17, 15) is 9.90 Å². The van der Waals surface area contributed by atoms with Crippen molar-refractivity contribution in [2.75, 3.05) is 26.3 Å². The van der Waals surface area contributed by atoms with Gasteiger partial charge in [-0.2, -0.15) is 0 Å². The summed E-state index contributed by atoms with van der Waals surface area (Å²) in [4.78, 5) is 14.7. The molecule has 0 fully saturated rings. The van der Waals surface area contributed by atoms with Gasteiger partial charge >= 0.3 is 5.97 Å². The maximum absolute atomic E-state index is 12.4. The van der Waals surface area contributed by atoms with E-state index >= 15 is 0 Å². The van der Waals surface area contributed by atoms with Crippen LogP contribution in [0, 0.1) is 5.92 Å². The zero-order valence-electron chi connectivity index (χ0n) is 14.8. The van der Waals surface area contributed by atoms with Gasteiger partial charge in [0, 0.05) is 12.1 Å². The van der Waals surface area contributed by atoms with Crippen LogP contribution in [0.1, 0.15) is 45.0 Å². The largest absolute Gasteiger partial charge is 0.508 e. The topological polar surface area (TPSA) is 59.0 Å². The van der Waals surface area contributed by atoms with Crippen LogP contribution >= 0.6 is 0 Å². The molecule has 0 aliphatic carbocycles. The Morgan fingerprint density at radius 1 is 1.22 bits per heavy atom. The van der Waals surface area contributed by atoms with Crippen molar-refractivity contribution in [1.82, 2.24) is 4.90 Å². The summed E-state index contributed by atoms with van der Waals surface area (Å²) in [5, 5.41) is 9.53. The monoisotopic (exact) mass is 323 g/mol. The van der Waals surface area contributed by atoms with Gasteiger partial charge in [0.15, 0.2) is 0 Å². The van der Waals surface area contributed by atoms with Gasteiger partial charge in [-0.15, -0.1) is 0 Å². The Labute approximate surface area is 139 Å². The fraction of sp³-hybridized carbons (Fsp3) is 0.611. The minimum absolute atomic E-state index is 0.0631. The molecular formula is C18H29NO4. The molecule has 5 heteroatoms. The molecular weight excluding hydrogens is 294 g/mol. The van der Waals surface area contributed by atoms with Crippen LogP contribution < -0.4 is 4.74 Å². The lowest BCUT2D eigenvalue weighted by atomic mass is 10.0. The summed E-state index contributed by atoms with van der Waals surface area (Å²) in [6.07, 6.45) is 0. The first-order valence-corrected chi connectivity index (χ1v) is 8.31. The molecule has 23 heavy (non-hydrogen) atoms. The fourth-order valence-corrected chi connectivity index (χ4v) is 2.61. The summed E-state index contributed by atoms with van der Waals surface area (Å²) < 4.78 is 10.9. The first-order valence-electron chi connectivity index (χ1n) is 8.31. The Morgan fingerprint density at radius 3 is 2.39 bits per heavy atom. The van der Waals surface area contributed by atoms with E-state index in [1.165, 1.54) is 18.2 Å². The van der Waals surface area contributed by atoms with E-state index in [4.69, 9.17) is 9.47 Å². The van der Waals surface area contributed by atoms with Gasteiger partial charge in [0.2, 0.25) is 0 Å². The van der Waals surface area contributed by atoms with E-state index in [0.29, 0.717) is 30.4 Å². The highest BCUT2D eigenvalue weighted by atomic mass is 16.5. The number of ether oxygens (including phenoxy) is 2. The van der Waals surface area contributed by atoms with Crippen molar-refractivity contribution < 1.29 is 19.4 Å². The molecule has 0 heterocycles. The lowest BCUT2D eigenvalue weighted by Gasteiger charge is -2.32. The molecule has 0 radical (unpaired) electrons. The molecule has 0 aliphatic heterocycles. The van der Waals surface area contributed by atoms with Crippen molar-refractivity contribution in [3.05, 3.63) is 23.8 Å². The minimum Gasteiger partial charge on any atom is -0.508 e. The van der Waals surface area contributed by atoms with Crippen LogP contribution in [0.4, 0.5) is 0 Å². The number of rotatable bonds is 9. The van der Waals surface area contributed by atoms with Crippen molar-refractivity contribution in [3.63, 3.8) is 0 Å². The molecule has 1 N–H and O–H groups in total. The van der Waals surface area contributed by atoms with Gasteiger partial charge in [-0.25, -0.2) is 4.79 Å². The fourth-order valence-electron chi connectivity index (χ4n) is 2.61. The number of carbonyl (C=O) groups is 1. The molecule has 0 aromatic heterocycles. The zero-order chi connectivity index (χ0) is 17.4. The minimum atomic E-state index is -0.425. The number of hydrogen-bond acceptors (Lipinski definition) is 5. The van der Waals surface area contributed by atoms with Gasteiger partial charge in [0.05, 0.1) is 6.61 Å². The molecule has 1 atom stereocenters. The van der Waals surface area contributed by atoms with Crippen molar-refractivity contribution in [2.24, 2.45) is 5.92 Å². The van der Waals surface area contributed by atoms with Gasteiger partial charge in [0.1, 0.15) is 23.7 Å². The van der Waals surface area contributed by atoms with E-state index in [0.717, 1.165) is 13.1 Å². The van der Waals surface area contributed by atoms with Gasteiger partial charge < -0.3 is 14.6 Å². The Balaban J connectivity index is 2.82. The Bertz CT molecular complexity index is 498. The van der Waals surface area contributed by atoms with Gasteiger partial charge in [-0.3, -0.25) is 4.90 Å². The highest BCUT2D eigenvalue weighted by molar-refractivity contribution is 5.92. The number of benzene rings is 1. The van der Waals surface area contributed by atoms with Crippen LogP contribution in [0.25, 0.3) is 0 Å². The van der Waals surface area contributed by atoms with E-state index < -0.39 is 5.97 Å². The molecule has 0 unspecified atom stereocenters. The highest BCUT2D eigenvalue weighted by Gasteiger charge is 2.23. The quantitative estimate of drug-likeness (QED) is 0.707. The van der Waals surface area contributed by atoms with Crippen molar-refractivity contribution in [1.29, 1.82) is 0 Å².